The van der Waals surface area contributed by atoms with E-state index in [1.807, 2.05) is 0 Å². The summed E-state index contributed by atoms with van der Waals surface area (Å²) in [5.74, 6) is -1.35. The van der Waals surface area contributed by atoms with Crippen LogP contribution in [0.4, 0.5) is 17.6 Å². The summed E-state index contributed by atoms with van der Waals surface area (Å²) in [4.78, 5) is 0. The van der Waals surface area contributed by atoms with Crippen molar-refractivity contribution in [3.63, 3.8) is 0 Å². The van der Waals surface area contributed by atoms with Gasteiger partial charge in [-0.1, -0.05) is 13.0 Å². The Morgan fingerprint density at radius 1 is 1.27 bits per heavy atom. The Kier molecular flexibility index (Phi) is 5.82. The number of halogens is 5. The first-order valence-corrected chi connectivity index (χ1v) is 6.79. The van der Waals surface area contributed by atoms with Crippen LogP contribution in [0.1, 0.15) is 36.8 Å². The molecule has 122 valence electrons. The van der Waals surface area contributed by atoms with E-state index in [1.165, 1.54) is 0 Å². The van der Waals surface area contributed by atoms with E-state index in [0.29, 0.717) is 32.0 Å². The molecule has 1 N–H and O–H groups in total. The van der Waals surface area contributed by atoms with Crippen LogP contribution in [0.15, 0.2) is 18.2 Å². The lowest BCUT2D eigenvalue weighted by atomic mass is 9.68. The van der Waals surface area contributed by atoms with Crippen LogP contribution >= 0.6 is 12.4 Å². The Balaban J connectivity index is 0.00000242. The quantitative estimate of drug-likeness (QED) is 0.819. The molecule has 0 saturated carbocycles. The fourth-order valence-electron chi connectivity index (χ4n) is 2.87. The van der Waals surface area contributed by atoms with Gasteiger partial charge in [-0.25, -0.2) is 4.39 Å². The number of nitrogens with zero attached hydrogens (tertiary/aromatic N) is 1. The minimum absolute atomic E-state index is 0. The normalized spacial score (nSPS) is 18.9. The lowest BCUT2D eigenvalue weighted by molar-refractivity contribution is -0.137. The third-order valence-corrected chi connectivity index (χ3v) is 4.34. The molecule has 2 rings (SSSR count). The van der Waals surface area contributed by atoms with Gasteiger partial charge in [-0.3, -0.25) is 0 Å². The third kappa shape index (κ3) is 3.53. The average molecular weight is 337 g/mol. The van der Waals surface area contributed by atoms with Crippen LogP contribution < -0.4 is 5.32 Å². The van der Waals surface area contributed by atoms with Gasteiger partial charge < -0.3 is 5.32 Å². The second-order valence-corrected chi connectivity index (χ2v) is 5.47. The Labute approximate surface area is 132 Å². The Morgan fingerprint density at radius 3 is 2.32 bits per heavy atom. The maximum Gasteiger partial charge on any atom is 0.416 e. The topological polar surface area (TPSA) is 35.8 Å². The molecule has 0 amide bonds. The lowest BCUT2D eigenvalue weighted by Gasteiger charge is -2.37. The van der Waals surface area contributed by atoms with Gasteiger partial charge in [0.1, 0.15) is 5.82 Å². The van der Waals surface area contributed by atoms with Gasteiger partial charge in [0.15, 0.2) is 0 Å². The maximum absolute atomic E-state index is 14.1. The zero-order valence-electron chi connectivity index (χ0n) is 12.0. The first-order valence-electron chi connectivity index (χ1n) is 6.79. The molecule has 7 heteroatoms. The van der Waals surface area contributed by atoms with E-state index in [0.717, 1.165) is 12.1 Å². The molecule has 22 heavy (non-hydrogen) atoms. The molecule has 0 spiro atoms. The van der Waals surface area contributed by atoms with Gasteiger partial charge in [-0.2, -0.15) is 18.4 Å². The number of piperidine rings is 1. The summed E-state index contributed by atoms with van der Waals surface area (Å²) < 4.78 is 51.8. The summed E-state index contributed by atoms with van der Waals surface area (Å²) >= 11 is 0. The molecule has 2 nitrogen and oxygen atoms in total. The van der Waals surface area contributed by atoms with E-state index in [9.17, 15) is 22.8 Å². The second kappa shape index (κ2) is 6.84. The highest BCUT2D eigenvalue weighted by Gasteiger charge is 2.40. The number of rotatable bonds is 2. The Hall–Kier alpha value is -1.32. The van der Waals surface area contributed by atoms with Crippen LogP contribution in [0.25, 0.3) is 0 Å². The molecule has 1 aliphatic heterocycles. The molecule has 1 aromatic carbocycles. The monoisotopic (exact) mass is 336 g/mol. The lowest BCUT2D eigenvalue weighted by Crippen LogP contribution is -2.39. The van der Waals surface area contributed by atoms with Crippen molar-refractivity contribution >= 4 is 12.4 Å². The standard InChI is InChI=1S/C15H16F4N2.ClH/c1-10(14(9-20)4-6-21-7-5-14)12-3-2-11(8-13(12)16)15(17,18)19;/h2-3,8,10,21H,4-7H2,1H3;1H. The van der Waals surface area contributed by atoms with Crippen LogP contribution in [0.2, 0.25) is 0 Å². The molecule has 1 saturated heterocycles. The molecular formula is C15H17ClF4N2. The molecule has 0 aromatic heterocycles. The van der Waals surface area contributed by atoms with E-state index < -0.39 is 28.9 Å². The summed E-state index contributed by atoms with van der Waals surface area (Å²) in [6, 6.07) is 4.80. The zero-order chi connectivity index (χ0) is 15.7. The van der Waals surface area contributed by atoms with E-state index in [-0.39, 0.29) is 18.0 Å². The predicted molar refractivity (Wildman–Crippen MR) is 77.2 cm³/mol. The SMILES string of the molecule is CC(c1ccc(C(F)(F)F)cc1F)C1(C#N)CCNCC1.Cl. The minimum Gasteiger partial charge on any atom is -0.317 e. The van der Waals surface area contributed by atoms with Gasteiger partial charge in [0.25, 0.3) is 0 Å². The van der Waals surface area contributed by atoms with Crippen LogP contribution in [0.3, 0.4) is 0 Å². The maximum atomic E-state index is 14.1. The Morgan fingerprint density at radius 2 is 1.86 bits per heavy atom. The second-order valence-electron chi connectivity index (χ2n) is 5.47. The number of nitrogens with one attached hydrogen (secondary N) is 1. The van der Waals surface area contributed by atoms with Crippen molar-refractivity contribution in [1.29, 1.82) is 5.26 Å². The smallest absolute Gasteiger partial charge is 0.317 e. The van der Waals surface area contributed by atoms with Crippen LogP contribution in [0.5, 0.6) is 0 Å². The van der Waals surface area contributed by atoms with E-state index in [2.05, 4.69) is 11.4 Å². The Bertz CT molecular complexity index is 560. The summed E-state index contributed by atoms with van der Waals surface area (Å²) in [7, 11) is 0. The van der Waals surface area contributed by atoms with Gasteiger partial charge >= 0.3 is 6.18 Å². The van der Waals surface area contributed by atoms with E-state index in [1.54, 1.807) is 6.92 Å². The molecule has 1 aromatic rings. The third-order valence-electron chi connectivity index (χ3n) is 4.34. The van der Waals surface area contributed by atoms with Gasteiger partial charge in [0, 0.05) is 5.92 Å². The summed E-state index contributed by atoms with van der Waals surface area (Å²) in [5, 5.41) is 12.6. The van der Waals surface area contributed by atoms with Gasteiger partial charge in [-0.05, 0) is 43.6 Å². The summed E-state index contributed by atoms with van der Waals surface area (Å²) in [5.41, 5.74) is -1.56. The van der Waals surface area contributed by atoms with Crippen LogP contribution in [0, 0.1) is 22.6 Å². The minimum atomic E-state index is -4.57. The molecule has 1 heterocycles. The number of benzene rings is 1. The first kappa shape index (κ1) is 18.7. The molecule has 1 unspecified atom stereocenters. The van der Waals surface area contributed by atoms with E-state index in [4.69, 9.17) is 0 Å². The summed E-state index contributed by atoms with van der Waals surface area (Å²) in [6.07, 6.45) is -3.44. The van der Waals surface area contributed by atoms with Crippen LogP contribution in [-0.2, 0) is 6.18 Å². The summed E-state index contributed by atoms with van der Waals surface area (Å²) in [6.45, 7) is 3.01. The van der Waals surface area contributed by atoms with Crippen molar-refractivity contribution in [2.75, 3.05) is 13.1 Å². The average Bonchev–Trinajstić information content (AvgIpc) is 2.46. The number of hydrogen-bond donors (Lipinski definition) is 1. The highest BCUT2D eigenvalue weighted by Crippen LogP contribution is 2.43. The first-order chi connectivity index (χ1) is 9.80. The van der Waals surface area contributed by atoms with Crippen LogP contribution in [-0.4, -0.2) is 13.1 Å². The van der Waals surface area contributed by atoms with Crippen molar-refractivity contribution in [3.05, 3.63) is 35.1 Å². The van der Waals surface area contributed by atoms with Crippen molar-refractivity contribution in [1.82, 2.24) is 5.32 Å². The predicted octanol–water partition coefficient (Wildman–Crippen LogP) is 4.26. The zero-order valence-corrected chi connectivity index (χ0v) is 12.8. The highest BCUT2D eigenvalue weighted by atomic mass is 35.5. The van der Waals surface area contributed by atoms with Gasteiger partial charge in [0.05, 0.1) is 17.0 Å². The van der Waals surface area contributed by atoms with Crippen molar-refractivity contribution in [2.45, 2.75) is 31.9 Å². The number of alkyl halides is 3. The van der Waals surface area contributed by atoms with Crippen molar-refractivity contribution in [3.8, 4) is 6.07 Å². The van der Waals surface area contributed by atoms with Gasteiger partial charge in [-0.15, -0.1) is 12.4 Å². The molecule has 0 aliphatic carbocycles. The largest absolute Gasteiger partial charge is 0.416 e. The van der Waals surface area contributed by atoms with Gasteiger partial charge in [0.2, 0.25) is 0 Å². The fourth-order valence-corrected chi connectivity index (χ4v) is 2.87. The highest BCUT2D eigenvalue weighted by molar-refractivity contribution is 5.85. The fraction of sp³-hybridized carbons (Fsp3) is 0.533. The molecule has 1 atom stereocenters. The van der Waals surface area contributed by atoms with Crippen molar-refractivity contribution in [2.24, 2.45) is 5.41 Å². The number of hydrogen-bond acceptors (Lipinski definition) is 2. The molecule has 0 bridgehead atoms. The molecule has 1 fully saturated rings. The van der Waals surface area contributed by atoms with Crippen molar-refractivity contribution < 1.29 is 17.6 Å². The molecule has 1 aliphatic rings. The van der Waals surface area contributed by atoms with E-state index >= 15 is 0 Å². The number of nitriles is 1. The molecular weight excluding hydrogens is 320 g/mol. The molecule has 0 radical (unpaired) electrons.